The van der Waals surface area contributed by atoms with E-state index in [-0.39, 0.29) is 17.3 Å². The van der Waals surface area contributed by atoms with Crippen LogP contribution in [0.5, 0.6) is 0 Å². The summed E-state index contributed by atoms with van der Waals surface area (Å²) in [5.41, 5.74) is 0. The standard InChI is InChI=1S/C11H16N2O4S/c1-8(11(14)15)7-13(2)10-9(18(3,16)17)5-4-6-12-10/h4-6,8H,7H2,1-3H3,(H,14,15). The second kappa shape index (κ2) is 5.34. The Morgan fingerprint density at radius 2 is 2.17 bits per heavy atom. The molecule has 100 valence electrons. The Hall–Kier alpha value is -1.63. The number of carbonyl (C=O) groups is 1. The van der Waals surface area contributed by atoms with E-state index < -0.39 is 21.7 Å². The Bertz CT molecular complexity index is 542. The van der Waals surface area contributed by atoms with Crippen LogP contribution in [0.4, 0.5) is 5.82 Å². The highest BCUT2D eigenvalue weighted by Crippen LogP contribution is 2.21. The first-order chi connectivity index (χ1) is 8.23. The van der Waals surface area contributed by atoms with Crippen LogP contribution < -0.4 is 4.90 Å². The van der Waals surface area contributed by atoms with E-state index in [1.807, 2.05) is 0 Å². The molecule has 1 heterocycles. The van der Waals surface area contributed by atoms with Crippen LogP contribution in [0.1, 0.15) is 6.92 Å². The Kier molecular flexibility index (Phi) is 4.28. The Labute approximate surface area is 106 Å². The summed E-state index contributed by atoms with van der Waals surface area (Å²) in [6, 6.07) is 2.99. The second-order valence-corrected chi connectivity index (χ2v) is 6.20. The Balaban J connectivity index is 3.07. The second-order valence-electron chi connectivity index (χ2n) is 4.22. The molecule has 0 saturated carbocycles. The van der Waals surface area contributed by atoms with E-state index in [4.69, 9.17) is 5.11 Å². The summed E-state index contributed by atoms with van der Waals surface area (Å²) in [5.74, 6) is -1.27. The molecular weight excluding hydrogens is 256 g/mol. The highest BCUT2D eigenvalue weighted by atomic mass is 32.2. The number of aromatic nitrogens is 1. The first kappa shape index (κ1) is 14.4. The van der Waals surface area contributed by atoms with Crippen molar-refractivity contribution in [2.24, 2.45) is 5.92 Å². The van der Waals surface area contributed by atoms with Crippen molar-refractivity contribution >= 4 is 21.6 Å². The number of anilines is 1. The minimum atomic E-state index is -3.39. The fraction of sp³-hybridized carbons (Fsp3) is 0.455. The summed E-state index contributed by atoms with van der Waals surface area (Å²) in [4.78, 5) is 16.4. The third-order valence-corrected chi connectivity index (χ3v) is 3.60. The van der Waals surface area contributed by atoms with Gasteiger partial charge in [0.05, 0.1) is 5.92 Å². The van der Waals surface area contributed by atoms with Crippen molar-refractivity contribution in [3.8, 4) is 0 Å². The minimum Gasteiger partial charge on any atom is -0.481 e. The average molecular weight is 272 g/mol. The largest absolute Gasteiger partial charge is 0.481 e. The number of pyridine rings is 1. The van der Waals surface area contributed by atoms with Gasteiger partial charge in [-0.1, -0.05) is 6.92 Å². The summed E-state index contributed by atoms with van der Waals surface area (Å²) in [6.07, 6.45) is 2.58. The molecule has 1 unspecified atom stereocenters. The maximum absolute atomic E-state index is 11.6. The number of aliphatic carboxylic acids is 1. The van der Waals surface area contributed by atoms with Gasteiger partial charge in [0.15, 0.2) is 9.84 Å². The molecular formula is C11H16N2O4S. The van der Waals surface area contributed by atoms with Crippen LogP contribution in [0, 0.1) is 5.92 Å². The number of carboxylic acid groups (broad SMARTS) is 1. The molecule has 0 fully saturated rings. The van der Waals surface area contributed by atoms with Crippen molar-refractivity contribution in [2.75, 3.05) is 24.7 Å². The molecule has 0 aliphatic heterocycles. The van der Waals surface area contributed by atoms with Crippen molar-refractivity contribution in [1.82, 2.24) is 4.98 Å². The van der Waals surface area contributed by atoms with Gasteiger partial charge in [-0.3, -0.25) is 4.79 Å². The minimum absolute atomic E-state index is 0.102. The van der Waals surface area contributed by atoms with Gasteiger partial charge in [-0.15, -0.1) is 0 Å². The van der Waals surface area contributed by atoms with E-state index in [1.165, 1.54) is 23.2 Å². The Morgan fingerprint density at radius 3 is 2.67 bits per heavy atom. The van der Waals surface area contributed by atoms with Gasteiger partial charge in [-0.25, -0.2) is 13.4 Å². The van der Waals surface area contributed by atoms with Crippen LogP contribution in [0.25, 0.3) is 0 Å². The van der Waals surface area contributed by atoms with Crippen molar-refractivity contribution in [1.29, 1.82) is 0 Å². The van der Waals surface area contributed by atoms with E-state index in [1.54, 1.807) is 14.0 Å². The molecule has 1 atom stereocenters. The lowest BCUT2D eigenvalue weighted by atomic mass is 10.2. The van der Waals surface area contributed by atoms with Crippen LogP contribution in [0.15, 0.2) is 23.2 Å². The van der Waals surface area contributed by atoms with E-state index in [9.17, 15) is 13.2 Å². The summed E-state index contributed by atoms with van der Waals surface area (Å²) >= 11 is 0. The topological polar surface area (TPSA) is 87.6 Å². The lowest BCUT2D eigenvalue weighted by molar-refractivity contribution is -0.140. The van der Waals surface area contributed by atoms with Gasteiger partial charge < -0.3 is 10.0 Å². The van der Waals surface area contributed by atoms with Crippen LogP contribution in [0.3, 0.4) is 0 Å². The van der Waals surface area contributed by atoms with Crippen LogP contribution >= 0.6 is 0 Å². The van der Waals surface area contributed by atoms with E-state index in [0.717, 1.165) is 6.26 Å². The molecule has 0 spiro atoms. The highest BCUT2D eigenvalue weighted by Gasteiger charge is 2.20. The highest BCUT2D eigenvalue weighted by molar-refractivity contribution is 7.90. The van der Waals surface area contributed by atoms with Gasteiger partial charge in [0.25, 0.3) is 0 Å². The van der Waals surface area contributed by atoms with Gasteiger partial charge in [-0.2, -0.15) is 0 Å². The lowest BCUT2D eigenvalue weighted by Gasteiger charge is -2.22. The normalized spacial score (nSPS) is 13.1. The molecule has 0 saturated heterocycles. The van der Waals surface area contributed by atoms with Gasteiger partial charge in [0, 0.05) is 26.0 Å². The predicted octanol–water partition coefficient (Wildman–Crippen LogP) is 0.642. The first-order valence-corrected chi connectivity index (χ1v) is 7.21. The van der Waals surface area contributed by atoms with Gasteiger partial charge in [0.1, 0.15) is 10.7 Å². The molecule has 0 aromatic carbocycles. The summed E-state index contributed by atoms with van der Waals surface area (Å²) in [6.45, 7) is 1.75. The third kappa shape index (κ3) is 3.43. The smallest absolute Gasteiger partial charge is 0.308 e. The molecule has 0 aliphatic rings. The molecule has 1 N–H and O–H groups in total. The molecule has 1 aromatic heterocycles. The summed E-state index contributed by atoms with van der Waals surface area (Å²) < 4.78 is 23.2. The van der Waals surface area contributed by atoms with E-state index in [0.29, 0.717) is 0 Å². The average Bonchev–Trinajstić information content (AvgIpc) is 2.27. The van der Waals surface area contributed by atoms with Gasteiger partial charge in [-0.05, 0) is 12.1 Å². The molecule has 1 aromatic rings. The maximum atomic E-state index is 11.6. The zero-order valence-corrected chi connectivity index (χ0v) is 11.3. The first-order valence-electron chi connectivity index (χ1n) is 5.32. The van der Waals surface area contributed by atoms with Crippen LogP contribution in [-0.2, 0) is 14.6 Å². The molecule has 0 aliphatic carbocycles. The van der Waals surface area contributed by atoms with Gasteiger partial charge in [0.2, 0.25) is 0 Å². The van der Waals surface area contributed by atoms with Crippen LogP contribution in [0.2, 0.25) is 0 Å². The zero-order valence-electron chi connectivity index (χ0n) is 10.5. The Morgan fingerprint density at radius 1 is 1.56 bits per heavy atom. The van der Waals surface area contributed by atoms with Crippen LogP contribution in [-0.4, -0.2) is 44.3 Å². The van der Waals surface area contributed by atoms with Crippen molar-refractivity contribution < 1.29 is 18.3 Å². The molecule has 7 heteroatoms. The van der Waals surface area contributed by atoms with Gasteiger partial charge >= 0.3 is 5.97 Å². The fourth-order valence-corrected chi connectivity index (χ4v) is 2.40. The van der Waals surface area contributed by atoms with E-state index in [2.05, 4.69) is 4.98 Å². The molecule has 1 rings (SSSR count). The third-order valence-electron chi connectivity index (χ3n) is 2.48. The molecule has 18 heavy (non-hydrogen) atoms. The molecule has 0 radical (unpaired) electrons. The monoisotopic (exact) mass is 272 g/mol. The summed E-state index contributed by atoms with van der Waals surface area (Å²) in [7, 11) is -1.76. The lowest BCUT2D eigenvalue weighted by Crippen LogP contribution is -2.30. The number of sulfone groups is 1. The summed E-state index contributed by atoms with van der Waals surface area (Å²) in [5, 5.41) is 8.84. The van der Waals surface area contributed by atoms with Crippen molar-refractivity contribution in [3.63, 3.8) is 0 Å². The fourth-order valence-electron chi connectivity index (χ4n) is 1.53. The number of nitrogens with zero attached hydrogens (tertiary/aromatic N) is 2. The SMILES string of the molecule is CC(CN(C)c1ncccc1S(C)(=O)=O)C(=O)O. The van der Waals surface area contributed by atoms with Crippen molar-refractivity contribution in [2.45, 2.75) is 11.8 Å². The number of hydrogen-bond donors (Lipinski definition) is 1. The predicted molar refractivity (Wildman–Crippen MR) is 67.4 cm³/mol. The number of hydrogen-bond acceptors (Lipinski definition) is 5. The maximum Gasteiger partial charge on any atom is 0.308 e. The number of carboxylic acids is 1. The molecule has 0 bridgehead atoms. The molecule has 0 amide bonds. The molecule has 6 nitrogen and oxygen atoms in total. The number of rotatable bonds is 5. The van der Waals surface area contributed by atoms with Crippen molar-refractivity contribution in [3.05, 3.63) is 18.3 Å². The zero-order chi connectivity index (χ0) is 13.9. The van der Waals surface area contributed by atoms with E-state index >= 15 is 0 Å². The quantitative estimate of drug-likeness (QED) is 0.846.